The van der Waals surface area contributed by atoms with Crippen LogP contribution in [0.2, 0.25) is 0 Å². The van der Waals surface area contributed by atoms with Crippen LogP contribution in [0, 0.1) is 0 Å². The van der Waals surface area contributed by atoms with Crippen molar-refractivity contribution in [2.24, 2.45) is 0 Å². The molecule has 6 heteroatoms. The molecule has 0 aliphatic rings. The fourth-order valence-corrected chi connectivity index (χ4v) is 1.41. The largest absolute Gasteiger partial charge is 0.349 e. The van der Waals surface area contributed by atoms with Crippen molar-refractivity contribution in [1.29, 1.82) is 0 Å². The number of aromatic nitrogens is 2. The molecule has 94 valence electrons. The summed E-state index contributed by atoms with van der Waals surface area (Å²) in [6, 6.07) is 0. The number of hydrogen-bond donors (Lipinski definition) is 1. The minimum Gasteiger partial charge on any atom is -0.349 e. The van der Waals surface area contributed by atoms with Gasteiger partial charge in [0.25, 0.3) is 5.56 Å². The number of hydrogen-bond acceptors (Lipinski definition) is 3. The second kappa shape index (κ2) is 5.47. The van der Waals surface area contributed by atoms with Crippen LogP contribution in [0.1, 0.15) is 18.9 Å². The van der Waals surface area contributed by atoms with Crippen molar-refractivity contribution in [2.75, 3.05) is 14.1 Å². The summed E-state index contributed by atoms with van der Waals surface area (Å²) in [6.45, 7) is 2.12. The lowest BCUT2D eigenvalue weighted by atomic mass is 10.2. The first-order valence-corrected chi connectivity index (χ1v) is 5.48. The minimum atomic E-state index is -0.473. The number of H-pyrrole nitrogens is 1. The summed E-state index contributed by atoms with van der Waals surface area (Å²) in [5.74, 6) is -0.0545. The Labute approximate surface area is 98.9 Å². The Morgan fingerprint density at radius 3 is 2.59 bits per heavy atom. The maximum Gasteiger partial charge on any atom is 0.328 e. The summed E-state index contributed by atoms with van der Waals surface area (Å²) < 4.78 is 1.36. The zero-order valence-corrected chi connectivity index (χ0v) is 10.3. The molecule has 0 unspecified atom stereocenters. The summed E-state index contributed by atoms with van der Waals surface area (Å²) >= 11 is 0. The van der Waals surface area contributed by atoms with Crippen molar-refractivity contribution >= 4 is 5.91 Å². The van der Waals surface area contributed by atoms with E-state index in [4.69, 9.17) is 0 Å². The van der Waals surface area contributed by atoms with Gasteiger partial charge < -0.3 is 4.90 Å². The molecule has 0 saturated carbocycles. The molecule has 1 aromatic heterocycles. The Hall–Kier alpha value is -1.85. The van der Waals surface area contributed by atoms with E-state index in [0.29, 0.717) is 12.0 Å². The molecule has 6 nitrogen and oxygen atoms in total. The van der Waals surface area contributed by atoms with Gasteiger partial charge in [-0.05, 0) is 6.42 Å². The summed E-state index contributed by atoms with van der Waals surface area (Å²) in [4.78, 5) is 37.9. The molecule has 1 aromatic rings. The number of nitrogens with zero attached hydrogens (tertiary/aromatic N) is 2. The van der Waals surface area contributed by atoms with Crippen molar-refractivity contribution in [3.05, 3.63) is 32.6 Å². The molecular weight excluding hydrogens is 222 g/mol. The van der Waals surface area contributed by atoms with Gasteiger partial charge in [0.05, 0.1) is 0 Å². The molecule has 0 fully saturated rings. The van der Waals surface area contributed by atoms with Crippen molar-refractivity contribution in [3.63, 3.8) is 0 Å². The molecule has 1 rings (SSSR count). The first-order chi connectivity index (χ1) is 7.95. The van der Waals surface area contributed by atoms with Gasteiger partial charge in [0.15, 0.2) is 0 Å². The second-order valence-corrected chi connectivity index (χ2v) is 4.00. The molecule has 1 heterocycles. The predicted molar refractivity (Wildman–Crippen MR) is 64.0 cm³/mol. The van der Waals surface area contributed by atoms with Crippen LogP contribution in [0.4, 0.5) is 0 Å². The topological polar surface area (TPSA) is 75.2 Å². The SMILES string of the molecule is CCc1cn(CCC(=O)N(C)C)c(=O)[nH]c1=O. The van der Waals surface area contributed by atoms with E-state index in [1.807, 2.05) is 6.92 Å². The van der Waals surface area contributed by atoms with E-state index in [2.05, 4.69) is 4.98 Å². The predicted octanol–water partition coefficient (Wildman–Crippen LogP) is -0.423. The first kappa shape index (κ1) is 13.2. The van der Waals surface area contributed by atoms with Crippen LogP contribution < -0.4 is 11.2 Å². The van der Waals surface area contributed by atoms with Gasteiger partial charge in [-0.1, -0.05) is 6.92 Å². The highest BCUT2D eigenvalue weighted by atomic mass is 16.2. The van der Waals surface area contributed by atoms with E-state index in [0.717, 1.165) is 0 Å². The number of aryl methyl sites for hydroxylation is 2. The zero-order chi connectivity index (χ0) is 13.0. The third-order valence-electron chi connectivity index (χ3n) is 2.53. The number of carbonyl (C=O) groups excluding carboxylic acids is 1. The molecule has 0 aliphatic heterocycles. The van der Waals surface area contributed by atoms with Gasteiger partial charge in [-0.3, -0.25) is 19.1 Å². The fraction of sp³-hybridized carbons (Fsp3) is 0.545. The molecule has 0 aliphatic carbocycles. The molecule has 1 N–H and O–H groups in total. The van der Waals surface area contributed by atoms with Gasteiger partial charge >= 0.3 is 5.69 Å². The number of carbonyl (C=O) groups is 1. The minimum absolute atomic E-state index is 0.0545. The third kappa shape index (κ3) is 3.30. The molecular formula is C11H17N3O3. The molecule has 0 bridgehead atoms. The monoisotopic (exact) mass is 239 g/mol. The van der Waals surface area contributed by atoms with Gasteiger partial charge in [-0.2, -0.15) is 0 Å². The van der Waals surface area contributed by atoms with Gasteiger partial charge in [-0.15, -0.1) is 0 Å². The zero-order valence-electron chi connectivity index (χ0n) is 10.3. The number of aromatic amines is 1. The molecule has 17 heavy (non-hydrogen) atoms. The molecule has 0 atom stereocenters. The Morgan fingerprint density at radius 1 is 1.41 bits per heavy atom. The second-order valence-electron chi connectivity index (χ2n) is 4.00. The van der Waals surface area contributed by atoms with Crippen LogP contribution in [0.25, 0.3) is 0 Å². The molecule has 0 radical (unpaired) electrons. The Balaban J connectivity index is 2.89. The molecule has 1 amide bonds. The van der Waals surface area contributed by atoms with E-state index in [1.165, 1.54) is 15.7 Å². The van der Waals surface area contributed by atoms with Gasteiger partial charge in [0.2, 0.25) is 5.91 Å². The maximum atomic E-state index is 11.5. The summed E-state index contributed by atoms with van der Waals surface area (Å²) in [5, 5.41) is 0. The van der Waals surface area contributed by atoms with Crippen LogP contribution in [0.3, 0.4) is 0 Å². The smallest absolute Gasteiger partial charge is 0.328 e. The average molecular weight is 239 g/mol. The van der Waals surface area contributed by atoms with E-state index >= 15 is 0 Å². The summed E-state index contributed by atoms with van der Waals surface area (Å²) in [7, 11) is 3.32. The van der Waals surface area contributed by atoms with Crippen LogP contribution in [0.15, 0.2) is 15.8 Å². The van der Waals surface area contributed by atoms with E-state index in [-0.39, 0.29) is 24.4 Å². The lowest BCUT2D eigenvalue weighted by molar-refractivity contribution is -0.128. The highest BCUT2D eigenvalue weighted by Crippen LogP contribution is 1.93. The maximum absolute atomic E-state index is 11.5. The Kier molecular flexibility index (Phi) is 4.25. The van der Waals surface area contributed by atoms with Crippen molar-refractivity contribution in [3.8, 4) is 0 Å². The number of amides is 1. The molecule has 0 aromatic carbocycles. The van der Waals surface area contributed by atoms with Crippen LogP contribution in [0.5, 0.6) is 0 Å². The number of rotatable bonds is 4. The standard InChI is InChI=1S/C11H17N3O3/c1-4-8-7-14(11(17)12-10(8)16)6-5-9(15)13(2)3/h7H,4-6H2,1-3H3,(H,12,16,17). The van der Waals surface area contributed by atoms with Crippen LogP contribution in [-0.2, 0) is 17.8 Å². The average Bonchev–Trinajstić information content (AvgIpc) is 2.27. The Morgan fingerprint density at radius 2 is 2.06 bits per heavy atom. The normalized spacial score (nSPS) is 10.3. The van der Waals surface area contributed by atoms with E-state index in [9.17, 15) is 14.4 Å². The summed E-state index contributed by atoms with van der Waals surface area (Å²) in [5.41, 5.74) is -0.284. The number of nitrogens with one attached hydrogen (secondary N) is 1. The highest BCUT2D eigenvalue weighted by Gasteiger charge is 2.07. The van der Waals surface area contributed by atoms with E-state index < -0.39 is 5.69 Å². The van der Waals surface area contributed by atoms with Crippen molar-refractivity contribution < 1.29 is 4.79 Å². The quantitative estimate of drug-likeness (QED) is 0.775. The van der Waals surface area contributed by atoms with Gasteiger partial charge in [0.1, 0.15) is 0 Å². The highest BCUT2D eigenvalue weighted by molar-refractivity contribution is 5.75. The van der Waals surface area contributed by atoms with Crippen LogP contribution in [-0.4, -0.2) is 34.5 Å². The van der Waals surface area contributed by atoms with Gasteiger partial charge in [0, 0.05) is 38.8 Å². The van der Waals surface area contributed by atoms with Gasteiger partial charge in [-0.25, -0.2) is 4.79 Å². The summed E-state index contributed by atoms with van der Waals surface area (Å²) in [6.07, 6.45) is 2.31. The van der Waals surface area contributed by atoms with Crippen LogP contribution >= 0.6 is 0 Å². The molecule has 0 saturated heterocycles. The molecule has 0 spiro atoms. The lowest BCUT2D eigenvalue weighted by Gasteiger charge is -2.11. The first-order valence-electron chi connectivity index (χ1n) is 5.48. The third-order valence-corrected chi connectivity index (χ3v) is 2.53. The lowest BCUT2D eigenvalue weighted by Crippen LogP contribution is -2.33. The van der Waals surface area contributed by atoms with Crippen molar-refractivity contribution in [1.82, 2.24) is 14.5 Å². The van der Waals surface area contributed by atoms with Crippen molar-refractivity contribution in [2.45, 2.75) is 26.3 Å². The Bertz CT molecular complexity index is 513. The van der Waals surface area contributed by atoms with E-state index in [1.54, 1.807) is 14.1 Å². The fourth-order valence-electron chi connectivity index (χ4n) is 1.41.